The molecule has 0 saturated heterocycles. The van der Waals surface area contributed by atoms with Crippen molar-refractivity contribution in [3.8, 4) is 0 Å². The summed E-state index contributed by atoms with van der Waals surface area (Å²) in [5.41, 5.74) is -0.643. The summed E-state index contributed by atoms with van der Waals surface area (Å²) in [6.07, 6.45) is -0.0289. The summed E-state index contributed by atoms with van der Waals surface area (Å²) < 4.78 is 5.89. The SMILES string of the molecule is Cn1c(=O)c2[nH]c(/N=N/SCCC(=O)O)nc2n(C)c1=O. The predicted molar refractivity (Wildman–Crippen MR) is 75.8 cm³/mol. The van der Waals surface area contributed by atoms with Crippen LogP contribution in [0.3, 0.4) is 0 Å². The molecule has 2 heterocycles. The number of carboxylic acids is 1. The second-order valence-corrected chi connectivity index (χ2v) is 4.95. The fraction of sp³-hybridized carbons (Fsp3) is 0.400. The molecule has 0 aromatic carbocycles. The molecule has 2 aromatic rings. The molecule has 0 amide bonds. The number of aryl methyl sites for hydroxylation is 1. The Labute approximate surface area is 121 Å². The third-order valence-electron chi connectivity index (χ3n) is 2.68. The number of aliphatic carboxylic acids is 1. The topological polar surface area (TPSA) is 135 Å². The molecule has 0 saturated carbocycles. The molecule has 0 atom stereocenters. The van der Waals surface area contributed by atoms with Crippen molar-refractivity contribution in [2.45, 2.75) is 6.42 Å². The van der Waals surface area contributed by atoms with Gasteiger partial charge in [-0.2, -0.15) is 4.98 Å². The highest BCUT2D eigenvalue weighted by Crippen LogP contribution is 2.14. The third-order valence-corrected chi connectivity index (χ3v) is 3.27. The first-order valence-corrected chi connectivity index (χ1v) is 6.76. The van der Waals surface area contributed by atoms with E-state index < -0.39 is 17.2 Å². The second kappa shape index (κ2) is 5.91. The normalized spacial score (nSPS) is 11.5. The van der Waals surface area contributed by atoms with Crippen LogP contribution in [0.5, 0.6) is 0 Å². The first kappa shape index (κ1) is 15.0. The van der Waals surface area contributed by atoms with Crippen LogP contribution in [-0.2, 0) is 18.9 Å². The first-order chi connectivity index (χ1) is 9.91. The van der Waals surface area contributed by atoms with Crippen LogP contribution in [0.4, 0.5) is 5.95 Å². The van der Waals surface area contributed by atoms with Gasteiger partial charge in [0.25, 0.3) is 5.56 Å². The molecule has 0 spiro atoms. The Morgan fingerprint density at radius 2 is 2.10 bits per heavy atom. The van der Waals surface area contributed by atoms with Gasteiger partial charge in [-0.1, -0.05) is 0 Å². The minimum atomic E-state index is -0.917. The van der Waals surface area contributed by atoms with Crippen molar-refractivity contribution in [2.24, 2.45) is 23.7 Å². The Hall–Kier alpha value is -2.43. The molecule has 21 heavy (non-hydrogen) atoms. The molecule has 112 valence electrons. The lowest BCUT2D eigenvalue weighted by Crippen LogP contribution is -2.36. The predicted octanol–water partition coefficient (Wildman–Crippen LogP) is 0.167. The van der Waals surface area contributed by atoms with Gasteiger partial charge >= 0.3 is 11.7 Å². The number of hydrogen-bond acceptors (Lipinski definition) is 7. The molecule has 0 radical (unpaired) electrons. The van der Waals surface area contributed by atoms with E-state index in [4.69, 9.17) is 5.11 Å². The van der Waals surface area contributed by atoms with E-state index >= 15 is 0 Å². The summed E-state index contributed by atoms with van der Waals surface area (Å²) in [4.78, 5) is 40.6. The van der Waals surface area contributed by atoms with Crippen molar-refractivity contribution in [1.82, 2.24) is 19.1 Å². The lowest BCUT2D eigenvalue weighted by molar-refractivity contribution is -0.136. The minimum absolute atomic E-state index is 0.0289. The summed E-state index contributed by atoms with van der Waals surface area (Å²) in [7, 11) is 2.86. The number of carboxylic acid groups (broad SMARTS) is 1. The van der Waals surface area contributed by atoms with Crippen molar-refractivity contribution in [1.29, 1.82) is 0 Å². The number of rotatable bonds is 5. The first-order valence-electron chi connectivity index (χ1n) is 5.82. The van der Waals surface area contributed by atoms with Gasteiger partial charge in [0.1, 0.15) is 0 Å². The number of carbonyl (C=O) groups is 1. The maximum Gasteiger partial charge on any atom is 0.332 e. The Bertz CT molecular complexity index is 832. The van der Waals surface area contributed by atoms with Gasteiger partial charge in [0.05, 0.1) is 6.42 Å². The molecule has 0 aliphatic carbocycles. The van der Waals surface area contributed by atoms with Crippen LogP contribution in [0.2, 0.25) is 0 Å². The van der Waals surface area contributed by atoms with Gasteiger partial charge in [-0.15, -0.1) is 9.63 Å². The van der Waals surface area contributed by atoms with E-state index in [2.05, 4.69) is 19.6 Å². The number of aromatic nitrogens is 4. The molecule has 2 aromatic heterocycles. The van der Waals surface area contributed by atoms with Gasteiger partial charge in [0, 0.05) is 19.8 Å². The van der Waals surface area contributed by atoms with E-state index in [9.17, 15) is 14.4 Å². The summed E-state index contributed by atoms with van der Waals surface area (Å²) in [6, 6.07) is 0. The van der Waals surface area contributed by atoms with Gasteiger partial charge in [-0.25, -0.2) is 4.79 Å². The third kappa shape index (κ3) is 3.02. The van der Waals surface area contributed by atoms with Gasteiger partial charge in [-0.3, -0.25) is 18.7 Å². The van der Waals surface area contributed by atoms with Crippen LogP contribution in [0, 0.1) is 0 Å². The summed E-state index contributed by atoms with van der Waals surface area (Å²) >= 11 is 0.967. The quantitative estimate of drug-likeness (QED) is 0.459. The Morgan fingerprint density at radius 1 is 1.38 bits per heavy atom. The highest BCUT2D eigenvalue weighted by molar-refractivity contribution is 7.97. The average Bonchev–Trinajstić information content (AvgIpc) is 2.86. The molecule has 0 unspecified atom stereocenters. The zero-order valence-electron chi connectivity index (χ0n) is 11.2. The summed E-state index contributed by atoms with van der Waals surface area (Å²) in [6.45, 7) is 0. The van der Waals surface area contributed by atoms with Crippen LogP contribution in [0.25, 0.3) is 11.2 Å². The smallest absolute Gasteiger partial charge is 0.332 e. The van der Waals surface area contributed by atoms with E-state index in [1.807, 2.05) is 0 Å². The molecule has 0 fully saturated rings. The van der Waals surface area contributed by atoms with Crippen LogP contribution < -0.4 is 11.2 Å². The van der Waals surface area contributed by atoms with Gasteiger partial charge in [0.15, 0.2) is 11.2 Å². The number of hydrogen-bond donors (Lipinski definition) is 2. The number of aromatic amines is 1. The van der Waals surface area contributed by atoms with E-state index in [-0.39, 0.29) is 29.3 Å². The number of H-pyrrole nitrogens is 1. The Balaban J connectivity index is 2.28. The lowest BCUT2D eigenvalue weighted by Gasteiger charge is -2.00. The molecular weight excluding hydrogens is 300 g/mol. The number of imidazole rings is 1. The molecule has 10 nitrogen and oxygen atoms in total. The van der Waals surface area contributed by atoms with Crippen molar-refractivity contribution >= 4 is 35.0 Å². The average molecular weight is 312 g/mol. The monoisotopic (exact) mass is 312 g/mol. The van der Waals surface area contributed by atoms with E-state index in [0.29, 0.717) is 0 Å². The number of nitrogens with zero attached hydrogens (tertiary/aromatic N) is 5. The highest BCUT2D eigenvalue weighted by atomic mass is 32.2. The van der Waals surface area contributed by atoms with Gasteiger partial charge < -0.3 is 10.1 Å². The molecular formula is C10H12N6O4S. The largest absolute Gasteiger partial charge is 0.481 e. The van der Waals surface area contributed by atoms with Crippen molar-refractivity contribution in [3.63, 3.8) is 0 Å². The standard InChI is InChI=1S/C10H12N6O4S/c1-15-7-6(8(19)16(2)10(15)20)11-9(12-7)13-14-21-4-3-5(17)18/h3-4H2,1-2H3,(H,11,12)(H,17,18)/b14-13+. The fourth-order valence-electron chi connectivity index (χ4n) is 1.60. The molecule has 2 N–H and O–H groups in total. The maximum atomic E-state index is 11.9. The van der Waals surface area contributed by atoms with E-state index in [1.165, 1.54) is 18.7 Å². The second-order valence-electron chi connectivity index (χ2n) is 4.12. The maximum absolute atomic E-state index is 11.9. The van der Waals surface area contributed by atoms with Crippen molar-refractivity contribution in [2.75, 3.05) is 5.75 Å². The van der Waals surface area contributed by atoms with Crippen molar-refractivity contribution in [3.05, 3.63) is 20.8 Å². The molecule has 0 aliphatic heterocycles. The van der Waals surface area contributed by atoms with Gasteiger partial charge in [0.2, 0.25) is 5.95 Å². The number of fused-ring (bicyclic) bond motifs is 1. The zero-order valence-corrected chi connectivity index (χ0v) is 12.0. The Morgan fingerprint density at radius 3 is 2.76 bits per heavy atom. The molecule has 2 rings (SSSR count). The zero-order chi connectivity index (χ0) is 15.6. The van der Waals surface area contributed by atoms with Crippen LogP contribution >= 0.6 is 11.9 Å². The lowest BCUT2D eigenvalue weighted by atomic mass is 10.5. The molecule has 11 heteroatoms. The minimum Gasteiger partial charge on any atom is -0.481 e. The molecule has 0 aliphatic rings. The fourth-order valence-corrected chi connectivity index (χ4v) is 2.09. The van der Waals surface area contributed by atoms with Crippen molar-refractivity contribution < 1.29 is 9.90 Å². The van der Waals surface area contributed by atoms with Crippen LogP contribution in [0.15, 0.2) is 19.2 Å². The van der Waals surface area contributed by atoms with Crippen LogP contribution in [-0.4, -0.2) is 35.9 Å². The summed E-state index contributed by atoms with van der Waals surface area (Å²) in [5.74, 6) is -0.565. The highest BCUT2D eigenvalue weighted by Gasteiger charge is 2.12. The summed E-state index contributed by atoms with van der Waals surface area (Å²) in [5, 5.41) is 12.2. The Kier molecular flexibility index (Phi) is 4.21. The van der Waals surface area contributed by atoms with E-state index in [1.54, 1.807) is 0 Å². The van der Waals surface area contributed by atoms with Gasteiger partial charge in [-0.05, 0) is 11.9 Å². The molecule has 0 bridgehead atoms. The number of nitrogens with one attached hydrogen (secondary N) is 1. The van der Waals surface area contributed by atoms with E-state index in [0.717, 1.165) is 16.5 Å². The van der Waals surface area contributed by atoms with Crippen LogP contribution in [0.1, 0.15) is 6.42 Å².